The largest absolute Gasteiger partial charge is 0.444 e. The molecule has 1 saturated heterocycles. The molecule has 0 spiro atoms. The molecular weight excluding hydrogens is 166 g/mol. The standard InChI is InChI=1S/C10H17NO2/c1-7(2)6-11-8-4-3-5-9(8)13-10(11)12/h7-9H,3-6H2,1-2H3/t8-,9+/m0/s1. The summed E-state index contributed by atoms with van der Waals surface area (Å²) in [7, 11) is 0. The van der Waals surface area contributed by atoms with Crippen molar-refractivity contribution in [2.24, 2.45) is 5.92 Å². The Morgan fingerprint density at radius 2 is 2.31 bits per heavy atom. The van der Waals surface area contributed by atoms with Crippen molar-refractivity contribution in [1.29, 1.82) is 0 Å². The Balaban J connectivity index is 2.04. The summed E-state index contributed by atoms with van der Waals surface area (Å²) >= 11 is 0. The van der Waals surface area contributed by atoms with Gasteiger partial charge in [-0.3, -0.25) is 0 Å². The third kappa shape index (κ3) is 1.52. The first-order valence-corrected chi connectivity index (χ1v) is 5.15. The molecule has 0 bridgehead atoms. The Hall–Kier alpha value is -0.730. The highest BCUT2D eigenvalue weighted by Crippen LogP contribution is 2.33. The first-order valence-electron chi connectivity index (χ1n) is 5.15. The van der Waals surface area contributed by atoms with Crippen LogP contribution in [-0.2, 0) is 4.74 Å². The van der Waals surface area contributed by atoms with E-state index >= 15 is 0 Å². The topological polar surface area (TPSA) is 29.5 Å². The van der Waals surface area contributed by atoms with Gasteiger partial charge in [-0.25, -0.2) is 4.79 Å². The third-order valence-electron chi connectivity index (χ3n) is 2.87. The van der Waals surface area contributed by atoms with E-state index in [0.717, 1.165) is 19.4 Å². The summed E-state index contributed by atoms with van der Waals surface area (Å²) in [5, 5.41) is 0. The lowest BCUT2D eigenvalue weighted by atomic mass is 10.1. The minimum Gasteiger partial charge on any atom is -0.444 e. The highest BCUT2D eigenvalue weighted by molar-refractivity contribution is 5.70. The van der Waals surface area contributed by atoms with Gasteiger partial charge in [0.15, 0.2) is 0 Å². The molecule has 3 nitrogen and oxygen atoms in total. The van der Waals surface area contributed by atoms with Crippen molar-refractivity contribution >= 4 is 6.09 Å². The lowest BCUT2D eigenvalue weighted by Gasteiger charge is -2.21. The minimum atomic E-state index is -0.0941. The number of carbonyl (C=O) groups excluding carboxylic acids is 1. The van der Waals surface area contributed by atoms with Crippen LogP contribution < -0.4 is 0 Å². The predicted octanol–water partition coefficient (Wildman–Crippen LogP) is 2.02. The summed E-state index contributed by atoms with van der Waals surface area (Å²) in [6.45, 7) is 5.12. The van der Waals surface area contributed by atoms with E-state index in [2.05, 4.69) is 13.8 Å². The number of carbonyl (C=O) groups is 1. The van der Waals surface area contributed by atoms with Crippen LogP contribution in [0.2, 0.25) is 0 Å². The average molecular weight is 183 g/mol. The van der Waals surface area contributed by atoms with Gasteiger partial charge in [0, 0.05) is 6.54 Å². The minimum absolute atomic E-state index is 0.0941. The average Bonchev–Trinajstić information content (AvgIpc) is 2.55. The fourth-order valence-corrected chi connectivity index (χ4v) is 2.34. The molecule has 1 amide bonds. The van der Waals surface area contributed by atoms with Gasteiger partial charge >= 0.3 is 6.09 Å². The number of nitrogens with zero attached hydrogens (tertiary/aromatic N) is 1. The van der Waals surface area contributed by atoms with Crippen molar-refractivity contribution in [2.45, 2.75) is 45.3 Å². The van der Waals surface area contributed by atoms with Gasteiger partial charge in [-0.15, -0.1) is 0 Å². The zero-order valence-corrected chi connectivity index (χ0v) is 8.32. The quantitative estimate of drug-likeness (QED) is 0.655. The van der Waals surface area contributed by atoms with Crippen LogP contribution in [0.5, 0.6) is 0 Å². The van der Waals surface area contributed by atoms with Gasteiger partial charge in [0.25, 0.3) is 0 Å². The highest BCUT2D eigenvalue weighted by Gasteiger charge is 2.44. The number of amides is 1. The Labute approximate surface area is 79.0 Å². The molecule has 1 aliphatic heterocycles. The van der Waals surface area contributed by atoms with Crippen LogP contribution in [0, 0.1) is 5.92 Å². The molecule has 13 heavy (non-hydrogen) atoms. The molecule has 1 aliphatic carbocycles. The number of hydrogen-bond donors (Lipinski definition) is 0. The molecule has 0 aromatic heterocycles. The molecule has 2 rings (SSSR count). The molecule has 3 heteroatoms. The van der Waals surface area contributed by atoms with E-state index in [-0.39, 0.29) is 12.2 Å². The van der Waals surface area contributed by atoms with Crippen molar-refractivity contribution in [3.63, 3.8) is 0 Å². The summed E-state index contributed by atoms with van der Waals surface area (Å²) in [6, 6.07) is 0.384. The van der Waals surface area contributed by atoms with Crippen LogP contribution >= 0.6 is 0 Å². The molecule has 74 valence electrons. The Bertz CT molecular complexity index is 215. The lowest BCUT2D eigenvalue weighted by molar-refractivity contribution is 0.129. The van der Waals surface area contributed by atoms with Crippen LogP contribution in [0.3, 0.4) is 0 Å². The Morgan fingerprint density at radius 1 is 1.54 bits per heavy atom. The zero-order chi connectivity index (χ0) is 9.42. The van der Waals surface area contributed by atoms with Crippen molar-refractivity contribution in [1.82, 2.24) is 4.90 Å². The van der Waals surface area contributed by atoms with Crippen molar-refractivity contribution in [2.75, 3.05) is 6.54 Å². The second-order valence-electron chi connectivity index (χ2n) is 4.47. The zero-order valence-electron chi connectivity index (χ0n) is 8.32. The van der Waals surface area contributed by atoms with E-state index < -0.39 is 0 Å². The van der Waals surface area contributed by atoms with Gasteiger partial charge in [-0.05, 0) is 25.2 Å². The maximum Gasteiger partial charge on any atom is 0.410 e. The normalized spacial score (nSPS) is 32.5. The Kier molecular flexibility index (Phi) is 2.18. The molecule has 2 fully saturated rings. The molecule has 0 radical (unpaired) electrons. The third-order valence-corrected chi connectivity index (χ3v) is 2.87. The molecular formula is C10H17NO2. The van der Waals surface area contributed by atoms with E-state index in [1.165, 1.54) is 6.42 Å². The predicted molar refractivity (Wildman–Crippen MR) is 49.5 cm³/mol. The highest BCUT2D eigenvalue weighted by atomic mass is 16.6. The molecule has 0 N–H and O–H groups in total. The van der Waals surface area contributed by atoms with Gasteiger partial charge in [-0.1, -0.05) is 13.8 Å². The summed E-state index contributed by atoms with van der Waals surface area (Å²) in [5.41, 5.74) is 0. The van der Waals surface area contributed by atoms with Crippen LogP contribution in [0.15, 0.2) is 0 Å². The van der Waals surface area contributed by atoms with Crippen LogP contribution in [0.4, 0.5) is 4.79 Å². The number of ether oxygens (including phenoxy) is 1. The number of rotatable bonds is 2. The summed E-state index contributed by atoms with van der Waals surface area (Å²) in [6.07, 6.45) is 3.50. The van der Waals surface area contributed by atoms with Crippen LogP contribution in [0.1, 0.15) is 33.1 Å². The van der Waals surface area contributed by atoms with E-state index in [1.54, 1.807) is 0 Å². The molecule has 2 atom stereocenters. The van der Waals surface area contributed by atoms with Gasteiger partial charge in [-0.2, -0.15) is 0 Å². The summed E-state index contributed by atoms with van der Waals surface area (Å²) in [4.78, 5) is 13.3. The van der Waals surface area contributed by atoms with E-state index in [4.69, 9.17) is 4.74 Å². The van der Waals surface area contributed by atoms with Crippen LogP contribution in [0.25, 0.3) is 0 Å². The molecule has 2 aliphatic rings. The SMILES string of the molecule is CC(C)CN1C(=O)O[C@@H]2CCC[C@@H]21. The molecule has 0 aromatic rings. The second kappa shape index (κ2) is 3.20. The maximum absolute atomic E-state index is 11.4. The van der Waals surface area contributed by atoms with Crippen molar-refractivity contribution in [3.05, 3.63) is 0 Å². The van der Waals surface area contributed by atoms with Crippen molar-refractivity contribution < 1.29 is 9.53 Å². The number of fused-ring (bicyclic) bond motifs is 1. The molecule has 1 saturated carbocycles. The maximum atomic E-state index is 11.4. The van der Waals surface area contributed by atoms with Crippen molar-refractivity contribution in [3.8, 4) is 0 Å². The first kappa shape index (κ1) is 8.85. The van der Waals surface area contributed by atoms with Gasteiger partial charge in [0.2, 0.25) is 0 Å². The number of hydrogen-bond acceptors (Lipinski definition) is 2. The molecule has 0 unspecified atom stereocenters. The van der Waals surface area contributed by atoms with Gasteiger partial charge < -0.3 is 9.64 Å². The summed E-state index contributed by atoms with van der Waals surface area (Å²) < 4.78 is 5.29. The molecule has 1 heterocycles. The second-order valence-corrected chi connectivity index (χ2v) is 4.47. The van der Waals surface area contributed by atoms with E-state index in [9.17, 15) is 4.79 Å². The van der Waals surface area contributed by atoms with Gasteiger partial charge in [0.05, 0.1) is 6.04 Å². The fraction of sp³-hybridized carbons (Fsp3) is 0.900. The Morgan fingerprint density at radius 3 is 3.00 bits per heavy atom. The summed E-state index contributed by atoms with van der Waals surface area (Å²) in [5.74, 6) is 0.534. The van der Waals surface area contributed by atoms with E-state index in [1.807, 2.05) is 4.90 Å². The van der Waals surface area contributed by atoms with Gasteiger partial charge in [0.1, 0.15) is 6.10 Å². The lowest BCUT2D eigenvalue weighted by Crippen LogP contribution is -2.36. The fourth-order valence-electron chi connectivity index (χ4n) is 2.34. The smallest absolute Gasteiger partial charge is 0.410 e. The first-order chi connectivity index (χ1) is 6.18. The molecule has 0 aromatic carbocycles. The van der Waals surface area contributed by atoms with Crippen LogP contribution in [-0.4, -0.2) is 29.7 Å². The monoisotopic (exact) mass is 183 g/mol. The van der Waals surface area contributed by atoms with E-state index in [0.29, 0.717) is 12.0 Å².